The lowest BCUT2D eigenvalue weighted by Crippen LogP contribution is -2.50. The largest absolute Gasteiger partial charge is 0.329 e. The summed E-state index contributed by atoms with van der Waals surface area (Å²) in [4.78, 5) is 28.7. The molecule has 0 aliphatic carbocycles. The molecule has 1 aliphatic heterocycles. The summed E-state index contributed by atoms with van der Waals surface area (Å²) in [5, 5.41) is 2.30. The number of urea groups is 1. The standard InChI is InChI=1S/C12H12N4O2.C2H6/c1-8-3-2-5-15-10(7-13-11(8)15)16-6-4-9(17)14-12(16)18;1-2/h2-3,5,7H,4,6H2,1H3,(H,14,17,18);1-2H3. The van der Waals surface area contributed by atoms with Crippen molar-refractivity contribution in [2.75, 3.05) is 11.4 Å². The number of nitrogens with zero attached hydrogens (tertiary/aromatic N) is 3. The fourth-order valence-corrected chi connectivity index (χ4v) is 2.12. The molecule has 6 heteroatoms. The Morgan fingerprint density at radius 2 is 2.05 bits per heavy atom. The van der Waals surface area contributed by atoms with Crippen LogP contribution < -0.4 is 10.2 Å². The molecule has 1 N–H and O–H groups in total. The first kappa shape index (κ1) is 14.0. The number of rotatable bonds is 1. The number of nitrogens with one attached hydrogen (secondary N) is 1. The van der Waals surface area contributed by atoms with E-state index in [4.69, 9.17) is 0 Å². The normalized spacial score (nSPS) is 14.8. The van der Waals surface area contributed by atoms with E-state index in [1.807, 2.05) is 43.5 Å². The van der Waals surface area contributed by atoms with Crippen LogP contribution in [0.2, 0.25) is 0 Å². The van der Waals surface area contributed by atoms with Crippen LogP contribution in [0.3, 0.4) is 0 Å². The molecule has 0 radical (unpaired) electrons. The number of amides is 3. The molecular weight excluding hydrogens is 256 g/mol. The van der Waals surface area contributed by atoms with Crippen LogP contribution in [-0.4, -0.2) is 27.9 Å². The van der Waals surface area contributed by atoms with Crippen LogP contribution >= 0.6 is 0 Å². The molecule has 0 atom stereocenters. The van der Waals surface area contributed by atoms with Crippen molar-refractivity contribution in [1.29, 1.82) is 0 Å². The number of pyridine rings is 1. The summed E-state index contributed by atoms with van der Waals surface area (Å²) in [6.45, 7) is 6.35. The summed E-state index contributed by atoms with van der Waals surface area (Å²) in [7, 11) is 0. The van der Waals surface area contributed by atoms with Gasteiger partial charge in [-0.1, -0.05) is 19.9 Å². The highest BCUT2D eigenvalue weighted by atomic mass is 16.2. The number of carbonyl (C=O) groups is 2. The van der Waals surface area contributed by atoms with E-state index in [9.17, 15) is 9.59 Å². The minimum atomic E-state index is -0.394. The van der Waals surface area contributed by atoms with Crippen LogP contribution in [0.25, 0.3) is 5.65 Å². The van der Waals surface area contributed by atoms with Crippen LogP contribution in [0, 0.1) is 6.92 Å². The van der Waals surface area contributed by atoms with Crippen molar-refractivity contribution < 1.29 is 9.59 Å². The number of anilines is 1. The van der Waals surface area contributed by atoms with Crippen molar-refractivity contribution >= 4 is 23.4 Å². The molecule has 1 aliphatic rings. The maximum absolute atomic E-state index is 11.8. The molecule has 2 aromatic rings. The van der Waals surface area contributed by atoms with Gasteiger partial charge in [-0.25, -0.2) is 9.78 Å². The summed E-state index contributed by atoms with van der Waals surface area (Å²) in [6.07, 6.45) is 3.82. The molecule has 1 fully saturated rings. The number of aryl methyl sites for hydroxylation is 1. The number of imidazole rings is 1. The Bertz CT molecular complexity index is 648. The van der Waals surface area contributed by atoms with Crippen molar-refractivity contribution in [3.8, 4) is 0 Å². The Hall–Kier alpha value is -2.37. The molecule has 6 nitrogen and oxygen atoms in total. The molecule has 2 aromatic heterocycles. The Kier molecular flexibility index (Phi) is 4.02. The lowest BCUT2D eigenvalue weighted by atomic mass is 10.3. The van der Waals surface area contributed by atoms with E-state index in [0.29, 0.717) is 18.8 Å². The van der Waals surface area contributed by atoms with E-state index in [1.165, 1.54) is 4.90 Å². The number of hydrogen-bond acceptors (Lipinski definition) is 3. The summed E-state index contributed by atoms with van der Waals surface area (Å²) in [5.41, 5.74) is 1.86. The number of fused-ring (bicyclic) bond motifs is 1. The molecule has 0 spiro atoms. The molecule has 0 bridgehead atoms. The second-order valence-corrected chi connectivity index (χ2v) is 4.26. The van der Waals surface area contributed by atoms with Crippen molar-refractivity contribution in [3.63, 3.8) is 0 Å². The first-order valence-electron chi connectivity index (χ1n) is 6.71. The van der Waals surface area contributed by atoms with Crippen LogP contribution in [0.5, 0.6) is 0 Å². The number of imide groups is 1. The minimum absolute atomic E-state index is 0.235. The Labute approximate surface area is 117 Å². The van der Waals surface area contributed by atoms with Crippen molar-refractivity contribution in [2.45, 2.75) is 27.2 Å². The predicted molar refractivity (Wildman–Crippen MR) is 76.8 cm³/mol. The first-order valence-corrected chi connectivity index (χ1v) is 6.71. The molecule has 0 unspecified atom stereocenters. The molecule has 0 aromatic carbocycles. The fourth-order valence-electron chi connectivity index (χ4n) is 2.12. The van der Waals surface area contributed by atoms with Gasteiger partial charge in [0.15, 0.2) is 0 Å². The second kappa shape index (κ2) is 5.73. The maximum atomic E-state index is 11.8. The van der Waals surface area contributed by atoms with Gasteiger partial charge in [-0.2, -0.15) is 0 Å². The van der Waals surface area contributed by atoms with E-state index in [2.05, 4.69) is 10.3 Å². The molecule has 1 saturated heterocycles. The maximum Gasteiger partial charge on any atom is 0.329 e. The summed E-state index contributed by atoms with van der Waals surface area (Å²) in [6, 6.07) is 3.47. The fraction of sp³-hybridized carbons (Fsp3) is 0.357. The molecule has 3 amide bonds. The molecule has 106 valence electrons. The molecule has 0 saturated carbocycles. The molecule has 3 heterocycles. The summed E-state index contributed by atoms with van der Waals surface area (Å²) < 4.78 is 1.85. The Balaban J connectivity index is 0.000000704. The van der Waals surface area contributed by atoms with Gasteiger partial charge < -0.3 is 0 Å². The minimum Gasteiger partial charge on any atom is -0.286 e. The van der Waals surface area contributed by atoms with Gasteiger partial charge >= 0.3 is 6.03 Å². The SMILES string of the molecule is CC.Cc1cccn2c(N3CCC(=O)NC3=O)cnc12. The second-order valence-electron chi connectivity index (χ2n) is 4.26. The van der Waals surface area contributed by atoms with Gasteiger partial charge in [0.05, 0.1) is 6.20 Å². The highest BCUT2D eigenvalue weighted by Gasteiger charge is 2.26. The molecule has 20 heavy (non-hydrogen) atoms. The average Bonchev–Trinajstić information content (AvgIpc) is 2.86. The average molecular weight is 274 g/mol. The Morgan fingerprint density at radius 3 is 2.75 bits per heavy atom. The van der Waals surface area contributed by atoms with Crippen LogP contribution in [0.4, 0.5) is 10.6 Å². The highest BCUT2D eigenvalue weighted by molar-refractivity contribution is 6.05. The zero-order valence-electron chi connectivity index (χ0n) is 11.9. The van der Waals surface area contributed by atoms with Gasteiger partial charge in [0, 0.05) is 19.2 Å². The topological polar surface area (TPSA) is 66.7 Å². The third-order valence-corrected chi connectivity index (χ3v) is 3.04. The first-order chi connectivity index (χ1) is 9.66. The number of hydrogen-bond donors (Lipinski definition) is 1. The highest BCUT2D eigenvalue weighted by Crippen LogP contribution is 2.20. The van der Waals surface area contributed by atoms with Crippen molar-refractivity contribution in [3.05, 3.63) is 30.1 Å². The lowest BCUT2D eigenvalue weighted by molar-refractivity contribution is -0.120. The zero-order valence-corrected chi connectivity index (χ0v) is 11.9. The van der Waals surface area contributed by atoms with Crippen molar-refractivity contribution in [2.24, 2.45) is 0 Å². The van der Waals surface area contributed by atoms with Gasteiger partial charge in [0.2, 0.25) is 5.91 Å². The van der Waals surface area contributed by atoms with Crippen LogP contribution in [0.15, 0.2) is 24.5 Å². The third kappa shape index (κ3) is 2.36. The molecular formula is C14H18N4O2. The predicted octanol–water partition coefficient (Wildman–Crippen LogP) is 2.12. The summed E-state index contributed by atoms with van der Waals surface area (Å²) >= 11 is 0. The Morgan fingerprint density at radius 1 is 1.30 bits per heavy atom. The van der Waals surface area contributed by atoms with Crippen molar-refractivity contribution in [1.82, 2.24) is 14.7 Å². The summed E-state index contributed by atoms with van der Waals surface area (Å²) in [5.74, 6) is 0.444. The lowest BCUT2D eigenvalue weighted by Gasteiger charge is -2.25. The van der Waals surface area contributed by atoms with Gasteiger partial charge in [-0.3, -0.25) is 19.4 Å². The van der Waals surface area contributed by atoms with Gasteiger partial charge in [0.25, 0.3) is 0 Å². The van der Waals surface area contributed by atoms with Gasteiger partial charge in [-0.15, -0.1) is 0 Å². The quantitative estimate of drug-likeness (QED) is 0.866. The monoisotopic (exact) mass is 274 g/mol. The van der Waals surface area contributed by atoms with Gasteiger partial charge in [-0.05, 0) is 18.6 Å². The van der Waals surface area contributed by atoms with Gasteiger partial charge in [0.1, 0.15) is 11.5 Å². The van der Waals surface area contributed by atoms with E-state index < -0.39 is 6.03 Å². The van der Waals surface area contributed by atoms with Crippen LogP contribution in [-0.2, 0) is 4.79 Å². The third-order valence-electron chi connectivity index (χ3n) is 3.04. The van der Waals surface area contributed by atoms with E-state index >= 15 is 0 Å². The number of carbonyl (C=O) groups excluding carboxylic acids is 2. The number of aromatic nitrogens is 2. The smallest absolute Gasteiger partial charge is 0.286 e. The van der Waals surface area contributed by atoms with E-state index in [-0.39, 0.29) is 5.91 Å². The van der Waals surface area contributed by atoms with Crippen LogP contribution in [0.1, 0.15) is 25.8 Å². The molecule has 3 rings (SSSR count). The van der Waals surface area contributed by atoms with E-state index in [0.717, 1.165) is 11.2 Å². The van der Waals surface area contributed by atoms with E-state index in [1.54, 1.807) is 6.20 Å². The zero-order chi connectivity index (χ0) is 14.7.